The first-order valence-corrected chi connectivity index (χ1v) is 5.28. The highest BCUT2D eigenvalue weighted by atomic mass is 79.9. The fourth-order valence-electron chi connectivity index (χ4n) is 1.38. The molecule has 7 heteroatoms. The minimum absolute atomic E-state index is 0.106. The summed E-state index contributed by atoms with van der Waals surface area (Å²) in [5.74, 6) is -1.52. The van der Waals surface area contributed by atoms with Crippen LogP contribution in [0.2, 0.25) is 0 Å². The molecule has 17 heavy (non-hydrogen) atoms. The minimum Gasteiger partial charge on any atom is -0.493 e. The van der Waals surface area contributed by atoms with Gasteiger partial charge in [-0.15, -0.1) is 0 Å². The van der Waals surface area contributed by atoms with Crippen LogP contribution in [0.15, 0.2) is 21.1 Å². The van der Waals surface area contributed by atoms with Gasteiger partial charge in [-0.05, 0) is 22.0 Å². The van der Waals surface area contributed by atoms with E-state index in [9.17, 15) is 8.78 Å². The average molecular weight is 305 g/mol. The molecule has 2 N–H and O–H groups in total. The number of nitrogens with two attached hydrogens (primary N) is 1. The fraction of sp³-hybridized carbons (Fsp3) is 0.100. The van der Waals surface area contributed by atoms with Crippen molar-refractivity contribution in [3.63, 3.8) is 0 Å². The standard InChI is InChI=1S/C10H7BrF2N2O2/c1-16-10-4(6-3-7(14)15-17-6)2-5(12)8(11)9(10)13/h2-3H,1H3,(H2,14,15). The molecule has 2 aromatic rings. The number of aromatic nitrogens is 1. The van der Waals surface area contributed by atoms with Gasteiger partial charge in [0.05, 0.1) is 17.1 Å². The molecular weight excluding hydrogens is 298 g/mol. The van der Waals surface area contributed by atoms with Gasteiger partial charge in [0.15, 0.2) is 23.1 Å². The van der Waals surface area contributed by atoms with Gasteiger partial charge >= 0.3 is 0 Å². The highest BCUT2D eigenvalue weighted by molar-refractivity contribution is 9.10. The Hall–Kier alpha value is -1.63. The maximum atomic E-state index is 13.7. The maximum absolute atomic E-state index is 13.7. The minimum atomic E-state index is -0.850. The molecule has 0 unspecified atom stereocenters. The number of ether oxygens (including phenoxy) is 1. The largest absolute Gasteiger partial charge is 0.493 e. The molecule has 0 bridgehead atoms. The predicted octanol–water partition coefficient (Wildman–Crippen LogP) is 2.97. The molecule has 1 heterocycles. The first kappa shape index (κ1) is 11.8. The Morgan fingerprint density at radius 2 is 2.12 bits per heavy atom. The molecular formula is C10H7BrF2N2O2. The third-order valence-corrected chi connectivity index (χ3v) is 2.84. The van der Waals surface area contributed by atoms with Gasteiger partial charge < -0.3 is 15.0 Å². The first-order chi connectivity index (χ1) is 8.04. The zero-order valence-electron chi connectivity index (χ0n) is 8.63. The summed E-state index contributed by atoms with van der Waals surface area (Å²) >= 11 is 2.78. The smallest absolute Gasteiger partial charge is 0.182 e. The predicted molar refractivity (Wildman–Crippen MR) is 60.5 cm³/mol. The number of benzene rings is 1. The molecule has 2 rings (SSSR count). The van der Waals surface area contributed by atoms with E-state index in [-0.39, 0.29) is 27.4 Å². The summed E-state index contributed by atoms with van der Waals surface area (Å²) in [6, 6.07) is 2.43. The summed E-state index contributed by atoms with van der Waals surface area (Å²) in [4.78, 5) is 0. The van der Waals surface area contributed by atoms with Crippen molar-refractivity contribution in [3.8, 4) is 17.1 Å². The second-order valence-electron chi connectivity index (χ2n) is 3.18. The first-order valence-electron chi connectivity index (χ1n) is 4.48. The second-order valence-corrected chi connectivity index (χ2v) is 3.98. The Kier molecular flexibility index (Phi) is 3.01. The SMILES string of the molecule is COc1c(-c2cc(N)no2)cc(F)c(Br)c1F. The molecule has 0 radical (unpaired) electrons. The normalized spacial score (nSPS) is 10.6. The van der Waals surface area contributed by atoms with E-state index in [1.807, 2.05) is 0 Å². The highest BCUT2D eigenvalue weighted by Crippen LogP contribution is 2.38. The van der Waals surface area contributed by atoms with E-state index in [0.717, 1.165) is 6.07 Å². The van der Waals surface area contributed by atoms with Crippen molar-refractivity contribution in [1.29, 1.82) is 0 Å². The lowest BCUT2D eigenvalue weighted by atomic mass is 10.1. The Bertz CT molecular complexity index is 572. The fourth-order valence-corrected chi connectivity index (χ4v) is 1.67. The lowest BCUT2D eigenvalue weighted by Gasteiger charge is -2.08. The molecule has 0 aliphatic rings. The lowest BCUT2D eigenvalue weighted by Crippen LogP contribution is -1.95. The molecule has 1 aromatic carbocycles. The third-order valence-electron chi connectivity index (χ3n) is 2.12. The van der Waals surface area contributed by atoms with Crippen molar-refractivity contribution in [1.82, 2.24) is 5.16 Å². The van der Waals surface area contributed by atoms with Crippen LogP contribution in [0, 0.1) is 11.6 Å². The van der Waals surface area contributed by atoms with Crippen LogP contribution in [0.3, 0.4) is 0 Å². The molecule has 0 saturated carbocycles. The molecule has 0 atom stereocenters. The van der Waals surface area contributed by atoms with Gasteiger partial charge in [-0.3, -0.25) is 0 Å². The summed E-state index contributed by atoms with van der Waals surface area (Å²) in [6.45, 7) is 0. The van der Waals surface area contributed by atoms with Crippen LogP contribution in [-0.4, -0.2) is 12.3 Å². The molecule has 0 fully saturated rings. The number of methoxy groups -OCH3 is 1. The highest BCUT2D eigenvalue weighted by Gasteiger charge is 2.21. The monoisotopic (exact) mass is 304 g/mol. The van der Waals surface area contributed by atoms with Crippen LogP contribution >= 0.6 is 15.9 Å². The van der Waals surface area contributed by atoms with Crippen molar-refractivity contribution in [2.75, 3.05) is 12.8 Å². The van der Waals surface area contributed by atoms with E-state index in [2.05, 4.69) is 21.1 Å². The molecule has 0 saturated heterocycles. The Morgan fingerprint density at radius 1 is 1.41 bits per heavy atom. The number of halogens is 3. The lowest BCUT2D eigenvalue weighted by molar-refractivity contribution is 0.379. The van der Waals surface area contributed by atoms with Crippen LogP contribution in [-0.2, 0) is 0 Å². The number of nitrogens with zero attached hydrogens (tertiary/aromatic N) is 1. The molecule has 0 amide bonds. The van der Waals surface area contributed by atoms with Gasteiger partial charge in [-0.2, -0.15) is 0 Å². The van der Waals surface area contributed by atoms with E-state index >= 15 is 0 Å². The van der Waals surface area contributed by atoms with E-state index in [1.165, 1.54) is 13.2 Å². The molecule has 4 nitrogen and oxygen atoms in total. The van der Waals surface area contributed by atoms with Gasteiger partial charge in [0.25, 0.3) is 0 Å². The van der Waals surface area contributed by atoms with Crippen LogP contribution in [0.5, 0.6) is 5.75 Å². The third kappa shape index (κ3) is 1.97. The number of hydrogen-bond donors (Lipinski definition) is 1. The maximum Gasteiger partial charge on any atom is 0.182 e. The summed E-state index contributed by atoms with van der Waals surface area (Å²) in [5.41, 5.74) is 5.48. The van der Waals surface area contributed by atoms with Crippen molar-refractivity contribution >= 4 is 21.7 Å². The van der Waals surface area contributed by atoms with Gasteiger partial charge in [-0.1, -0.05) is 5.16 Å². The number of hydrogen-bond acceptors (Lipinski definition) is 4. The van der Waals surface area contributed by atoms with Gasteiger partial charge in [0.1, 0.15) is 5.82 Å². The van der Waals surface area contributed by atoms with Crippen molar-refractivity contribution in [2.45, 2.75) is 0 Å². The molecule has 0 spiro atoms. The van der Waals surface area contributed by atoms with Crippen LogP contribution in [0.1, 0.15) is 0 Å². The molecule has 90 valence electrons. The number of anilines is 1. The average Bonchev–Trinajstić information content (AvgIpc) is 2.72. The van der Waals surface area contributed by atoms with E-state index in [0.29, 0.717) is 0 Å². The van der Waals surface area contributed by atoms with Gasteiger partial charge in [0.2, 0.25) is 0 Å². The topological polar surface area (TPSA) is 61.3 Å². The van der Waals surface area contributed by atoms with Crippen molar-refractivity contribution in [3.05, 3.63) is 28.2 Å². The zero-order chi connectivity index (χ0) is 12.6. The second kappa shape index (κ2) is 4.33. The van der Waals surface area contributed by atoms with Gasteiger partial charge in [-0.25, -0.2) is 8.78 Å². The van der Waals surface area contributed by atoms with E-state index in [1.54, 1.807) is 0 Å². The van der Waals surface area contributed by atoms with Crippen LogP contribution in [0.25, 0.3) is 11.3 Å². The molecule has 0 aliphatic carbocycles. The number of nitrogen functional groups attached to an aromatic ring is 1. The summed E-state index contributed by atoms with van der Waals surface area (Å²) in [5, 5.41) is 3.44. The van der Waals surface area contributed by atoms with E-state index < -0.39 is 11.6 Å². The van der Waals surface area contributed by atoms with Gasteiger partial charge in [0, 0.05) is 6.07 Å². The summed E-state index contributed by atoms with van der Waals surface area (Å²) in [6.07, 6.45) is 0. The Balaban J connectivity index is 2.69. The van der Waals surface area contributed by atoms with Crippen LogP contribution < -0.4 is 10.5 Å². The zero-order valence-corrected chi connectivity index (χ0v) is 10.2. The summed E-state index contributed by atoms with van der Waals surface area (Å²) < 4.78 is 36.5. The van der Waals surface area contributed by atoms with Crippen molar-refractivity contribution < 1.29 is 18.0 Å². The molecule has 1 aromatic heterocycles. The summed E-state index contributed by atoms with van der Waals surface area (Å²) in [7, 11) is 1.27. The number of rotatable bonds is 2. The van der Waals surface area contributed by atoms with E-state index in [4.69, 9.17) is 15.0 Å². The van der Waals surface area contributed by atoms with Crippen molar-refractivity contribution in [2.24, 2.45) is 0 Å². The van der Waals surface area contributed by atoms with Crippen LogP contribution in [0.4, 0.5) is 14.6 Å². The Morgan fingerprint density at radius 3 is 2.65 bits per heavy atom. The molecule has 0 aliphatic heterocycles. The Labute approximate surface area is 103 Å². The quantitative estimate of drug-likeness (QED) is 0.867.